The van der Waals surface area contributed by atoms with E-state index in [2.05, 4.69) is 0 Å². The van der Waals surface area contributed by atoms with E-state index in [-0.39, 0.29) is 35.1 Å². The molecule has 2 nitrogen and oxygen atoms in total. The maximum Gasteiger partial charge on any atom is 0.127 e. The molecule has 0 unspecified atom stereocenters. The van der Waals surface area contributed by atoms with Gasteiger partial charge in [0.15, 0.2) is 0 Å². The van der Waals surface area contributed by atoms with E-state index < -0.39 is 0 Å². The zero-order chi connectivity index (χ0) is 7.56. The predicted octanol–water partition coefficient (Wildman–Crippen LogP) is 1.57. The number of halogens is 2. The highest BCUT2D eigenvalue weighted by Gasteiger charge is 1.98. The van der Waals surface area contributed by atoms with Crippen LogP contribution in [0.25, 0.3) is 0 Å². The lowest BCUT2D eigenvalue weighted by molar-refractivity contribution is 0.471. The maximum absolute atomic E-state index is 12.6. The van der Waals surface area contributed by atoms with Gasteiger partial charge < -0.3 is 10.8 Å². The number of phenolic OH excluding ortho intramolecular Hbond substituents is 1. The molecule has 1 aromatic carbocycles. The van der Waals surface area contributed by atoms with Gasteiger partial charge in [-0.2, -0.15) is 0 Å². The fourth-order valence-electron chi connectivity index (χ4n) is 0.718. The summed E-state index contributed by atoms with van der Waals surface area (Å²) in [6.45, 7) is 0.111. The van der Waals surface area contributed by atoms with Crippen LogP contribution < -0.4 is 5.73 Å². The summed E-state index contributed by atoms with van der Waals surface area (Å²) < 4.78 is 12.6. The molecule has 0 fully saturated rings. The van der Waals surface area contributed by atoms with Crippen LogP contribution in [0.4, 0.5) is 4.39 Å². The molecule has 0 saturated heterocycles. The normalized spacial score (nSPS) is 8.91. The van der Waals surface area contributed by atoms with Crippen molar-refractivity contribution in [2.24, 2.45) is 5.73 Å². The first-order chi connectivity index (χ1) is 4.74. The Morgan fingerprint density at radius 3 is 2.55 bits per heavy atom. The molecule has 0 heterocycles. The van der Waals surface area contributed by atoms with Crippen LogP contribution in [0.3, 0.4) is 0 Å². The summed E-state index contributed by atoms with van der Waals surface area (Å²) >= 11 is 0. The number of hydrogen-bond donors (Lipinski definition) is 2. The molecule has 1 rings (SSSR count). The highest BCUT2D eigenvalue weighted by Crippen LogP contribution is 2.13. The summed E-state index contributed by atoms with van der Waals surface area (Å²) in [6, 6.07) is 3.79. The van der Waals surface area contributed by atoms with E-state index in [1.54, 1.807) is 0 Å². The van der Waals surface area contributed by atoms with Crippen molar-refractivity contribution in [2.75, 3.05) is 0 Å². The summed E-state index contributed by atoms with van der Waals surface area (Å²) in [6.07, 6.45) is 0. The smallest absolute Gasteiger partial charge is 0.127 e. The molecule has 1 aromatic rings. The molecule has 0 radical (unpaired) electrons. The van der Waals surface area contributed by atoms with Gasteiger partial charge in [-0.3, -0.25) is 0 Å². The minimum atomic E-state index is -0.375. The van der Waals surface area contributed by atoms with Gasteiger partial charge in [-0.05, 0) is 18.2 Å². The van der Waals surface area contributed by atoms with Crippen LogP contribution in [0.5, 0.6) is 5.75 Å². The minimum absolute atomic E-state index is 0. The monoisotopic (exact) mass is 221 g/mol. The molecule has 0 atom stereocenters. The second kappa shape index (κ2) is 4.31. The summed E-state index contributed by atoms with van der Waals surface area (Å²) in [4.78, 5) is 0. The van der Waals surface area contributed by atoms with Crippen LogP contribution in [-0.4, -0.2) is 5.11 Å². The van der Waals surface area contributed by atoms with Gasteiger partial charge in [-0.1, -0.05) is 0 Å². The quantitative estimate of drug-likeness (QED) is 0.757. The molecule has 0 spiro atoms. The predicted molar refractivity (Wildman–Crippen MR) is 46.3 cm³/mol. The van der Waals surface area contributed by atoms with E-state index in [9.17, 15) is 4.39 Å². The van der Waals surface area contributed by atoms with Crippen molar-refractivity contribution in [1.29, 1.82) is 0 Å². The molecular formula is C7H9BrFNO. The third kappa shape index (κ3) is 2.48. The highest BCUT2D eigenvalue weighted by molar-refractivity contribution is 8.93. The molecule has 0 aromatic heterocycles. The van der Waals surface area contributed by atoms with Gasteiger partial charge in [0.2, 0.25) is 0 Å². The molecular weight excluding hydrogens is 213 g/mol. The van der Waals surface area contributed by atoms with Crippen LogP contribution in [0, 0.1) is 5.82 Å². The molecule has 0 saturated carbocycles. The highest BCUT2D eigenvalue weighted by atomic mass is 79.9. The number of hydrogen-bond acceptors (Lipinski definition) is 2. The first-order valence-electron chi connectivity index (χ1n) is 2.91. The van der Waals surface area contributed by atoms with Gasteiger partial charge in [-0.25, -0.2) is 4.39 Å². The number of benzene rings is 1. The molecule has 0 amide bonds. The summed E-state index contributed by atoms with van der Waals surface area (Å²) in [5.74, 6) is -0.331. The van der Waals surface area contributed by atoms with Gasteiger partial charge in [0.1, 0.15) is 11.6 Å². The largest absolute Gasteiger partial charge is 0.508 e. The zero-order valence-corrected chi connectivity index (χ0v) is 7.46. The Kier molecular flexibility index (Phi) is 4.07. The Labute approximate surface area is 74.6 Å². The average Bonchev–Trinajstić information content (AvgIpc) is 1.94. The van der Waals surface area contributed by atoms with Crippen molar-refractivity contribution in [1.82, 2.24) is 0 Å². The van der Waals surface area contributed by atoms with Crippen LogP contribution in [0.15, 0.2) is 18.2 Å². The minimum Gasteiger partial charge on any atom is -0.508 e. The first-order valence-corrected chi connectivity index (χ1v) is 2.91. The van der Waals surface area contributed by atoms with Crippen molar-refractivity contribution >= 4 is 17.0 Å². The number of rotatable bonds is 1. The lowest BCUT2D eigenvalue weighted by Crippen LogP contribution is -1.98. The zero-order valence-electron chi connectivity index (χ0n) is 5.75. The number of nitrogens with two attached hydrogens (primary N) is 1. The molecule has 0 aliphatic heterocycles. The average molecular weight is 222 g/mol. The van der Waals surface area contributed by atoms with Crippen LogP contribution >= 0.6 is 17.0 Å². The second-order valence-electron chi connectivity index (χ2n) is 1.98. The van der Waals surface area contributed by atoms with E-state index in [1.807, 2.05) is 0 Å². The van der Waals surface area contributed by atoms with Crippen molar-refractivity contribution < 1.29 is 9.50 Å². The Morgan fingerprint density at radius 2 is 2.09 bits per heavy atom. The van der Waals surface area contributed by atoms with E-state index in [0.717, 1.165) is 0 Å². The third-order valence-electron chi connectivity index (χ3n) is 1.25. The van der Waals surface area contributed by atoms with Crippen molar-refractivity contribution in [2.45, 2.75) is 6.54 Å². The lowest BCUT2D eigenvalue weighted by Gasteiger charge is -1.98. The van der Waals surface area contributed by atoms with Gasteiger partial charge in [0, 0.05) is 12.1 Å². The Bertz CT molecular complexity index is 242. The molecule has 0 aliphatic carbocycles. The number of phenols is 1. The molecule has 4 heteroatoms. The summed E-state index contributed by atoms with van der Waals surface area (Å²) in [5, 5.41) is 8.85. The fraction of sp³-hybridized carbons (Fsp3) is 0.143. The van der Waals surface area contributed by atoms with Crippen LogP contribution in [0.2, 0.25) is 0 Å². The Morgan fingerprint density at radius 1 is 1.45 bits per heavy atom. The SMILES string of the molecule is Br.NCc1cc(O)ccc1F. The van der Waals surface area contributed by atoms with Crippen LogP contribution in [0.1, 0.15) is 5.56 Å². The molecule has 0 aliphatic rings. The second-order valence-corrected chi connectivity index (χ2v) is 1.98. The topological polar surface area (TPSA) is 46.2 Å². The maximum atomic E-state index is 12.6. The number of aromatic hydroxyl groups is 1. The van der Waals surface area contributed by atoms with Crippen molar-refractivity contribution in [3.63, 3.8) is 0 Å². The van der Waals surface area contributed by atoms with E-state index >= 15 is 0 Å². The Balaban J connectivity index is 0.000001000. The first kappa shape index (κ1) is 10.4. The molecule has 0 bridgehead atoms. The van der Waals surface area contributed by atoms with Gasteiger partial charge in [0.05, 0.1) is 0 Å². The fourth-order valence-corrected chi connectivity index (χ4v) is 0.718. The van der Waals surface area contributed by atoms with Gasteiger partial charge in [-0.15, -0.1) is 17.0 Å². The molecule has 11 heavy (non-hydrogen) atoms. The summed E-state index contributed by atoms with van der Waals surface area (Å²) in [5.41, 5.74) is 5.50. The standard InChI is InChI=1S/C7H8FNO.BrH/c8-7-2-1-6(10)3-5(7)4-9;/h1-3,10H,4,9H2;1H. The molecule has 62 valence electrons. The van der Waals surface area contributed by atoms with Crippen LogP contribution in [-0.2, 0) is 6.54 Å². The van der Waals surface area contributed by atoms with E-state index in [0.29, 0.717) is 5.56 Å². The molecule has 3 N–H and O–H groups in total. The lowest BCUT2D eigenvalue weighted by atomic mass is 10.2. The van der Waals surface area contributed by atoms with Gasteiger partial charge in [0.25, 0.3) is 0 Å². The summed E-state index contributed by atoms with van der Waals surface area (Å²) in [7, 11) is 0. The van der Waals surface area contributed by atoms with E-state index in [4.69, 9.17) is 10.8 Å². The Hall–Kier alpha value is -0.610. The van der Waals surface area contributed by atoms with Crippen molar-refractivity contribution in [3.8, 4) is 5.75 Å². The third-order valence-corrected chi connectivity index (χ3v) is 1.25. The van der Waals surface area contributed by atoms with E-state index in [1.165, 1.54) is 18.2 Å². The van der Waals surface area contributed by atoms with Gasteiger partial charge >= 0.3 is 0 Å². The van der Waals surface area contributed by atoms with Crippen molar-refractivity contribution in [3.05, 3.63) is 29.6 Å².